The summed E-state index contributed by atoms with van der Waals surface area (Å²) in [5.74, 6) is 0.297. The fourth-order valence-electron chi connectivity index (χ4n) is 1.68. The summed E-state index contributed by atoms with van der Waals surface area (Å²) in [7, 11) is 1.46. The molecule has 2 N–H and O–H groups in total. The number of ether oxygens (including phenoxy) is 1. The molecule has 7 nitrogen and oxygen atoms in total. The van der Waals surface area contributed by atoms with Crippen LogP contribution in [-0.2, 0) is 0 Å². The van der Waals surface area contributed by atoms with E-state index in [0.29, 0.717) is 17.0 Å². The Morgan fingerprint density at radius 1 is 1.36 bits per heavy atom. The first-order chi connectivity index (χ1) is 10.5. The van der Waals surface area contributed by atoms with Crippen LogP contribution in [-0.4, -0.2) is 23.4 Å². The van der Waals surface area contributed by atoms with Crippen LogP contribution < -0.4 is 10.2 Å². The molecule has 0 heterocycles. The minimum absolute atomic E-state index is 0.00361. The maximum absolute atomic E-state index is 10.6. The molecule has 0 atom stereocenters. The van der Waals surface area contributed by atoms with E-state index in [1.54, 1.807) is 12.1 Å². The molecule has 0 aliphatic heterocycles. The Balaban J connectivity index is 2.12. The van der Waals surface area contributed by atoms with E-state index in [0.717, 1.165) is 4.47 Å². The van der Waals surface area contributed by atoms with E-state index in [9.17, 15) is 15.2 Å². The van der Waals surface area contributed by atoms with Gasteiger partial charge in [0.05, 0.1) is 23.9 Å². The molecule has 0 amide bonds. The van der Waals surface area contributed by atoms with Crippen LogP contribution in [0.4, 0.5) is 11.4 Å². The summed E-state index contributed by atoms with van der Waals surface area (Å²) in [6, 6.07) is 9.14. The molecule has 0 saturated heterocycles. The highest BCUT2D eigenvalue weighted by Gasteiger charge is 2.08. The Labute approximate surface area is 134 Å². The zero-order valence-corrected chi connectivity index (χ0v) is 13.1. The van der Waals surface area contributed by atoms with Gasteiger partial charge in [-0.15, -0.1) is 0 Å². The largest absolute Gasteiger partial charge is 0.504 e. The standard InChI is InChI=1S/C14H12BrN3O4/c1-22-13-7-10(15)6-9(14(13)19)8-16-17-11-2-4-12(5-3-11)18(20)21/h2-8,17,19H,1H3/b16-8+. The summed E-state index contributed by atoms with van der Waals surface area (Å²) in [6.45, 7) is 0. The number of non-ortho nitro benzene ring substituents is 1. The van der Waals surface area contributed by atoms with Gasteiger partial charge in [0.2, 0.25) is 0 Å². The topological polar surface area (TPSA) is 97.0 Å². The molecule has 8 heteroatoms. The molecule has 0 bridgehead atoms. The van der Waals surface area contributed by atoms with Gasteiger partial charge in [-0.25, -0.2) is 0 Å². The lowest BCUT2D eigenvalue weighted by Crippen LogP contribution is -1.94. The first-order valence-electron chi connectivity index (χ1n) is 6.11. The number of halogens is 1. The van der Waals surface area contributed by atoms with Gasteiger partial charge in [0.25, 0.3) is 5.69 Å². The lowest BCUT2D eigenvalue weighted by Gasteiger charge is -2.06. The molecule has 2 rings (SSSR count). The zero-order valence-electron chi connectivity index (χ0n) is 11.5. The van der Waals surface area contributed by atoms with Gasteiger partial charge in [0.15, 0.2) is 11.5 Å². The van der Waals surface area contributed by atoms with Gasteiger partial charge in [-0.05, 0) is 24.3 Å². The van der Waals surface area contributed by atoms with E-state index in [1.807, 2.05) is 0 Å². The average molecular weight is 366 g/mol. The molecular formula is C14H12BrN3O4. The van der Waals surface area contributed by atoms with E-state index in [1.165, 1.54) is 37.6 Å². The number of hydrogen-bond acceptors (Lipinski definition) is 6. The number of methoxy groups -OCH3 is 1. The lowest BCUT2D eigenvalue weighted by molar-refractivity contribution is -0.384. The van der Waals surface area contributed by atoms with E-state index in [-0.39, 0.29) is 11.4 Å². The van der Waals surface area contributed by atoms with E-state index >= 15 is 0 Å². The number of benzene rings is 2. The minimum atomic E-state index is -0.473. The molecule has 2 aromatic rings. The van der Waals surface area contributed by atoms with Gasteiger partial charge in [-0.3, -0.25) is 15.5 Å². The van der Waals surface area contributed by atoms with Gasteiger partial charge >= 0.3 is 0 Å². The first kappa shape index (κ1) is 15.8. The molecule has 0 radical (unpaired) electrons. The Hall–Kier alpha value is -2.61. The predicted molar refractivity (Wildman–Crippen MR) is 86.7 cm³/mol. The van der Waals surface area contributed by atoms with Crippen molar-refractivity contribution in [1.29, 1.82) is 0 Å². The molecule has 0 aliphatic carbocycles. The van der Waals surface area contributed by atoms with Gasteiger partial charge in [0, 0.05) is 22.2 Å². The van der Waals surface area contributed by atoms with Crippen molar-refractivity contribution in [3.05, 3.63) is 56.5 Å². The number of nitro groups is 1. The smallest absolute Gasteiger partial charge is 0.269 e. The number of anilines is 1. The van der Waals surface area contributed by atoms with Gasteiger partial charge < -0.3 is 9.84 Å². The van der Waals surface area contributed by atoms with Crippen LogP contribution >= 0.6 is 15.9 Å². The van der Waals surface area contributed by atoms with Crippen molar-refractivity contribution in [2.75, 3.05) is 12.5 Å². The summed E-state index contributed by atoms with van der Waals surface area (Å²) in [6.07, 6.45) is 1.42. The molecule has 0 saturated carbocycles. The van der Waals surface area contributed by atoms with Crippen molar-refractivity contribution < 1.29 is 14.8 Å². The summed E-state index contributed by atoms with van der Waals surface area (Å²) >= 11 is 3.31. The number of hydrogen-bond donors (Lipinski definition) is 2. The number of nitrogens with zero attached hydrogens (tertiary/aromatic N) is 2. The Kier molecular flexibility index (Phi) is 4.95. The number of hydrazone groups is 1. The third kappa shape index (κ3) is 3.73. The van der Waals surface area contributed by atoms with Crippen LogP contribution in [0.2, 0.25) is 0 Å². The van der Waals surface area contributed by atoms with Gasteiger partial charge in [-0.2, -0.15) is 5.10 Å². The van der Waals surface area contributed by atoms with Crippen LogP contribution in [0.3, 0.4) is 0 Å². The summed E-state index contributed by atoms with van der Waals surface area (Å²) in [4.78, 5) is 10.1. The Morgan fingerprint density at radius 2 is 2.05 bits per heavy atom. The van der Waals surface area contributed by atoms with Crippen LogP contribution in [0, 0.1) is 10.1 Å². The maximum atomic E-state index is 10.6. The van der Waals surface area contributed by atoms with Crippen molar-refractivity contribution in [3.8, 4) is 11.5 Å². The average Bonchev–Trinajstić information content (AvgIpc) is 2.50. The summed E-state index contributed by atoms with van der Waals surface area (Å²) < 4.78 is 5.78. The first-order valence-corrected chi connectivity index (χ1v) is 6.90. The van der Waals surface area contributed by atoms with E-state index in [2.05, 4.69) is 26.5 Å². The van der Waals surface area contributed by atoms with Crippen molar-refractivity contribution >= 4 is 33.5 Å². The molecule has 22 heavy (non-hydrogen) atoms. The predicted octanol–water partition coefficient (Wildman–Crippen LogP) is 3.52. The molecule has 0 aliphatic rings. The van der Waals surface area contributed by atoms with Crippen molar-refractivity contribution in [2.45, 2.75) is 0 Å². The second kappa shape index (κ2) is 6.90. The molecular weight excluding hydrogens is 354 g/mol. The SMILES string of the molecule is COc1cc(Br)cc(/C=N/Nc2ccc([N+](=O)[O-])cc2)c1O. The normalized spacial score (nSPS) is 10.6. The second-order valence-corrected chi connectivity index (χ2v) is 5.14. The van der Waals surface area contributed by atoms with Gasteiger partial charge in [-0.1, -0.05) is 15.9 Å². The maximum Gasteiger partial charge on any atom is 0.269 e. The zero-order chi connectivity index (χ0) is 16.1. The second-order valence-electron chi connectivity index (χ2n) is 4.22. The lowest BCUT2D eigenvalue weighted by atomic mass is 10.2. The Morgan fingerprint density at radius 3 is 2.64 bits per heavy atom. The number of aromatic hydroxyl groups is 1. The van der Waals surface area contributed by atoms with Crippen LogP contribution in [0.25, 0.3) is 0 Å². The quantitative estimate of drug-likeness (QED) is 0.480. The monoisotopic (exact) mass is 365 g/mol. The molecule has 114 valence electrons. The van der Waals surface area contributed by atoms with Crippen LogP contribution in [0.15, 0.2) is 46.0 Å². The Bertz CT molecular complexity index is 717. The number of nitro benzene ring substituents is 1. The molecule has 0 spiro atoms. The van der Waals surface area contributed by atoms with Crippen molar-refractivity contribution in [1.82, 2.24) is 0 Å². The number of phenols is 1. The van der Waals surface area contributed by atoms with E-state index < -0.39 is 4.92 Å². The van der Waals surface area contributed by atoms with Crippen molar-refractivity contribution in [3.63, 3.8) is 0 Å². The van der Waals surface area contributed by atoms with Crippen molar-refractivity contribution in [2.24, 2.45) is 5.10 Å². The number of rotatable bonds is 5. The number of phenolic OH excluding ortho intramolecular Hbond substituents is 1. The van der Waals surface area contributed by atoms with Gasteiger partial charge in [0.1, 0.15) is 0 Å². The molecule has 0 fully saturated rings. The molecule has 0 aromatic heterocycles. The van der Waals surface area contributed by atoms with Crippen LogP contribution in [0.1, 0.15) is 5.56 Å². The fraction of sp³-hybridized carbons (Fsp3) is 0.0714. The summed E-state index contributed by atoms with van der Waals surface area (Å²) in [5, 5.41) is 24.5. The highest BCUT2D eigenvalue weighted by atomic mass is 79.9. The number of nitrogens with one attached hydrogen (secondary N) is 1. The minimum Gasteiger partial charge on any atom is -0.504 e. The third-order valence-corrected chi connectivity index (χ3v) is 3.22. The highest BCUT2D eigenvalue weighted by molar-refractivity contribution is 9.10. The molecule has 2 aromatic carbocycles. The third-order valence-electron chi connectivity index (χ3n) is 2.76. The molecule has 0 unspecified atom stereocenters. The highest BCUT2D eigenvalue weighted by Crippen LogP contribution is 2.32. The summed E-state index contributed by atoms with van der Waals surface area (Å²) in [5.41, 5.74) is 3.77. The fourth-order valence-corrected chi connectivity index (χ4v) is 2.14. The van der Waals surface area contributed by atoms with E-state index in [4.69, 9.17) is 4.74 Å². The van der Waals surface area contributed by atoms with Crippen LogP contribution in [0.5, 0.6) is 11.5 Å².